The quantitative estimate of drug-likeness (QED) is 0.405. The molecule has 0 fully saturated rings. The van der Waals surface area contributed by atoms with E-state index in [-0.39, 0.29) is 5.41 Å². The van der Waals surface area contributed by atoms with Crippen LogP contribution in [0.25, 0.3) is 0 Å². The Morgan fingerprint density at radius 1 is 1.25 bits per heavy atom. The summed E-state index contributed by atoms with van der Waals surface area (Å²) in [6.07, 6.45) is 0. The van der Waals surface area contributed by atoms with Gasteiger partial charge in [0.15, 0.2) is 5.90 Å². The minimum atomic E-state index is -0.0193. The number of ether oxygens (including phenoxy) is 1. The molecule has 0 N–H and O–H groups in total. The summed E-state index contributed by atoms with van der Waals surface area (Å²) in [4.78, 5) is 8.33. The van der Waals surface area contributed by atoms with Crippen molar-refractivity contribution in [1.82, 2.24) is 0 Å². The van der Waals surface area contributed by atoms with Crippen molar-refractivity contribution >= 4 is 11.7 Å². The molecular weight excluding hydrogens is 152 g/mol. The average molecular weight is 170 g/mol. The molecular formula is C9H18N2O. The van der Waals surface area contributed by atoms with Gasteiger partial charge in [-0.1, -0.05) is 20.8 Å². The number of hydrogen-bond acceptors (Lipinski definition) is 2. The molecule has 0 unspecified atom stereocenters. The minimum Gasteiger partial charge on any atom is -0.484 e. The van der Waals surface area contributed by atoms with Crippen LogP contribution in [-0.4, -0.2) is 25.9 Å². The van der Waals surface area contributed by atoms with Crippen molar-refractivity contribution in [2.45, 2.75) is 27.7 Å². The van der Waals surface area contributed by atoms with Crippen LogP contribution in [0.1, 0.15) is 27.7 Å². The van der Waals surface area contributed by atoms with Crippen LogP contribution in [-0.2, 0) is 4.74 Å². The molecule has 0 atom stereocenters. The van der Waals surface area contributed by atoms with E-state index in [4.69, 9.17) is 4.74 Å². The molecule has 3 nitrogen and oxygen atoms in total. The van der Waals surface area contributed by atoms with Gasteiger partial charge in [0.2, 0.25) is 0 Å². The fourth-order valence-electron chi connectivity index (χ4n) is 0.748. The van der Waals surface area contributed by atoms with Gasteiger partial charge in [-0.3, -0.25) is 4.99 Å². The van der Waals surface area contributed by atoms with E-state index < -0.39 is 0 Å². The van der Waals surface area contributed by atoms with Crippen molar-refractivity contribution in [1.29, 1.82) is 0 Å². The number of methoxy groups -OCH3 is 1. The summed E-state index contributed by atoms with van der Waals surface area (Å²) in [6, 6.07) is 0. The summed E-state index contributed by atoms with van der Waals surface area (Å²) in [5.41, 5.74) is -0.0193. The lowest BCUT2D eigenvalue weighted by Gasteiger charge is -2.17. The smallest absolute Gasteiger partial charge is 0.186 e. The highest BCUT2D eigenvalue weighted by Crippen LogP contribution is 2.16. The summed E-state index contributed by atoms with van der Waals surface area (Å²) in [7, 11) is 3.35. The standard InChI is InChI=1S/C9H18N2O/c1-7(12-6)11-8(10-5)9(2,3)4/h1-6H3. The molecule has 0 saturated carbocycles. The lowest BCUT2D eigenvalue weighted by Crippen LogP contribution is -2.19. The fourth-order valence-corrected chi connectivity index (χ4v) is 0.748. The third kappa shape index (κ3) is 3.51. The van der Waals surface area contributed by atoms with Gasteiger partial charge in [-0.05, 0) is 0 Å². The number of amidine groups is 1. The Labute approximate surface area is 74.6 Å². The van der Waals surface area contributed by atoms with E-state index >= 15 is 0 Å². The van der Waals surface area contributed by atoms with Crippen molar-refractivity contribution in [3.05, 3.63) is 0 Å². The van der Waals surface area contributed by atoms with Crippen molar-refractivity contribution < 1.29 is 4.74 Å². The molecule has 0 spiro atoms. The van der Waals surface area contributed by atoms with Crippen LogP contribution >= 0.6 is 0 Å². The molecule has 0 aliphatic rings. The molecule has 0 aromatic rings. The van der Waals surface area contributed by atoms with E-state index in [0.717, 1.165) is 5.84 Å². The van der Waals surface area contributed by atoms with E-state index in [2.05, 4.69) is 30.8 Å². The Morgan fingerprint density at radius 2 is 1.75 bits per heavy atom. The molecule has 0 aliphatic heterocycles. The van der Waals surface area contributed by atoms with E-state index in [1.165, 1.54) is 0 Å². The Hall–Kier alpha value is -0.860. The summed E-state index contributed by atoms with van der Waals surface area (Å²) < 4.78 is 4.95. The number of hydrogen-bond donors (Lipinski definition) is 0. The fraction of sp³-hybridized carbons (Fsp3) is 0.778. The zero-order valence-corrected chi connectivity index (χ0v) is 8.80. The van der Waals surface area contributed by atoms with Crippen LogP contribution in [0.3, 0.4) is 0 Å². The maximum Gasteiger partial charge on any atom is 0.186 e. The van der Waals surface area contributed by atoms with Crippen LogP contribution in [0.15, 0.2) is 9.98 Å². The number of rotatable bonds is 0. The molecule has 3 heteroatoms. The summed E-state index contributed by atoms with van der Waals surface area (Å²) >= 11 is 0. The van der Waals surface area contributed by atoms with E-state index in [1.54, 1.807) is 14.2 Å². The van der Waals surface area contributed by atoms with E-state index in [1.807, 2.05) is 6.92 Å². The summed E-state index contributed by atoms with van der Waals surface area (Å²) in [5, 5.41) is 0. The normalized spacial score (nSPS) is 14.8. The number of aliphatic imine (C=N–C) groups is 2. The predicted octanol–water partition coefficient (Wildman–Crippen LogP) is 2.13. The van der Waals surface area contributed by atoms with Crippen molar-refractivity contribution in [2.75, 3.05) is 14.2 Å². The van der Waals surface area contributed by atoms with Gasteiger partial charge >= 0.3 is 0 Å². The highest BCUT2D eigenvalue weighted by Gasteiger charge is 2.17. The summed E-state index contributed by atoms with van der Waals surface area (Å²) in [5.74, 6) is 1.45. The van der Waals surface area contributed by atoms with Crippen molar-refractivity contribution in [3.63, 3.8) is 0 Å². The monoisotopic (exact) mass is 170 g/mol. The predicted molar refractivity (Wildman–Crippen MR) is 52.9 cm³/mol. The third-order valence-corrected chi connectivity index (χ3v) is 1.44. The van der Waals surface area contributed by atoms with Gasteiger partial charge < -0.3 is 4.74 Å². The Kier molecular flexibility index (Phi) is 3.93. The van der Waals surface area contributed by atoms with Crippen molar-refractivity contribution in [3.8, 4) is 0 Å². The van der Waals surface area contributed by atoms with Gasteiger partial charge in [0.05, 0.1) is 7.11 Å². The van der Waals surface area contributed by atoms with Gasteiger partial charge in [-0.2, -0.15) is 0 Å². The molecule has 0 aromatic carbocycles. The van der Waals surface area contributed by atoms with E-state index in [0.29, 0.717) is 5.90 Å². The molecule has 12 heavy (non-hydrogen) atoms. The molecule has 0 aliphatic carbocycles. The van der Waals surface area contributed by atoms with Crippen LogP contribution in [0.5, 0.6) is 0 Å². The Balaban J connectivity index is 4.63. The molecule has 0 radical (unpaired) electrons. The first-order valence-corrected chi connectivity index (χ1v) is 3.98. The molecule has 0 amide bonds. The minimum absolute atomic E-state index is 0.0193. The lowest BCUT2D eigenvalue weighted by molar-refractivity contribution is 0.399. The van der Waals surface area contributed by atoms with Gasteiger partial charge in [-0.25, -0.2) is 4.99 Å². The second-order valence-electron chi connectivity index (χ2n) is 3.63. The molecule has 0 aromatic heterocycles. The zero-order valence-electron chi connectivity index (χ0n) is 8.80. The highest BCUT2D eigenvalue weighted by atomic mass is 16.5. The van der Waals surface area contributed by atoms with Gasteiger partial charge in [0.1, 0.15) is 5.84 Å². The largest absolute Gasteiger partial charge is 0.484 e. The molecule has 0 heterocycles. The third-order valence-electron chi connectivity index (χ3n) is 1.44. The van der Waals surface area contributed by atoms with Crippen LogP contribution < -0.4 is 0 Å². The number of nitrogens with zero attached hydrogens (tertiary/aromatic N) is 2. The van der Waals surface area contributed by atoms with Crippen LogP contribution in [0.4, 0.5) is 0 Å². The highest BCUT2D eigenvalue weighted by molar-refractivity contribution is 5.96. The molecule has 0 saturated heterocycles. The molecule has 0 rings (SSSR count). The topological polar surface area (TPSA) is 34.0 Å². The van der Waals surface area contributed by atoms with E-state index in [9.17, 15) is 0 Å². The molecule has 70 valence electrons. The van der Waals surface area contributed by atoms with Gasteiger partial charge in [0.25, 0.3) is 0 Å². The first-order valence-electron chi connectivity index (χ1n) is 3.98. The van der Waals surface area contributed by atoms with Crippen LogP contribution in [0, 0.1) is 5.41 Å². The maximum absolute atomic E-state index is 4.95. The van der Waals surface area contributed by atoms with Gasteiger partial charge in [-0.15, -0.1) is 0 Å². The second-order valence-corrected chi connectivity index (χ2v) is 3.63. The summed E-state index contributed by atoms with van der Waals surface area (Å²) in [6.45, 7) is 8.03. The van der Waals surface area contributed by atoms with Gasteiger partial charge in [0, 0.05) is 19.4 Å². The maximum atomic E-state index is 4.95. The SMILES string of the molecule is CN=C(N=C(C)OC)C(C)(C)C. The molecule has 0 bridgehead atoms. The first kappa shape index (κ1) is 11.1. The first-order chi connectivity index (χ1) is 5.41. The Morgan fingerprint density at radius 3 is 2.00 bits per heavy atom. The zero-order chi connectivity index (χ0) is 9.78. The average Bonchev–Trinajstić information content (AvgIpc) is 1.97. The lowest BCUT2D eigenvalue weighted by atomic mass is 9.95. The van der Waals surface area contributed by atoms with Crippen LogP contribution in [0.2, 0.25) is 0 Å². The van der Waals surface area contributed by atoms with Crippen molar-refractivity contribution in [2.24, 2.45) is 15.4 Å². The Bertz CT molecular complexity index is 199. The second kappa shape index (κ2) is 4.24.